The van der Waals surface area contributed by atoms with E-state index in [1.165, 1.54) is 0 Å². The molecule has 0 bridgehead atoms. The van der Waals surface area contributed by atoms with Gasteiger partial charge >= 0.3 is 35.8 Å². The van der Waals surface area contributed by atoms with E-state index in [0.29, 0.717) is 6.42 Å². The first kappa shape index (κ1) is 61.1. The summed E-state index contributed by atoms with van der Waals surface area (Å²) in [5.74, 6) is -5.89. The Morgan fingerprint density at radius 1 is 0.426 bits per heavy atom. The predicted octanol–water partition coefficient (Wildman–Crippen LogP) is -0.129. The summed E-state index contributed by atoms with van der Waals surface area (Å²) in [7, 11) is 0. The lowest BCUT2D eigenvalue weighted by atomic mass is 9.88. The fourth-order valence-corrected chi connectivity index (χ4v) is 0.635. The van der Waals surface area contributed by atoms with Crippen LogP contribution in [0.5, 0.6) is 0 Å². The van der Waals surface area contributed by atoms with Crippen molar-refractivity contribution in [1.29, 1.82) is 0 Å². The van der Waals surface area contributed by atoms with E-state index < -0.39 is 46.6 Å². The van der Waals surface area contributed by atoms with Crippen LogP contribution >= 0.6 is 0 Å². The number of carboxylic acid groups (broad SMARTS) is 6. The molecule has 274 valence electrons. The Morgan fingerprint density at radius 3 is 0.553 bits per heavy atom. The monoisotopic (exact) mass is 686 g/mol. The number of carboxylic acids is 6. The highest BCUT2D eigenvalue weighted by atomic mass is 16.4. The molecule has 0 aliphatic carbocycles. The van der Waals surface area contributed by atoms with Crippen LogP contribution in [0.2, 0.25) is 0 Å². The van der Waals surface area contributed by atoms with E-state index in [4.69, 9.17) is 61.3 Å². The molecule has 0 aromatic carbocycles. The summed E-state index contributed by atoms with van der Waals surface area (Å²) in [6, 6.07) is 0. The lowest BCUT2D eigenvalue weighted by Crippen LogP contribution is -2.32. The summed E-state index contributed by atoms with van der Waals surface area (Å²) in [6.07, 6.45) is 5.59. The molecule has 0 spiro atoms. The maximum absolute atomic E-state index is 9.25. The minimum Gasteiger partial charge on any atom is -0.478 e. The maximum Gasteiger partial charge on any atom is 0.327 e. The van der Waals surface area contributed by atoms with Gasteiger partial charge in [-0.1, -0.05) is 53.3 Å². The topological polar surface area (TPSA) is 345 Å². The van der Waals surface area contributed by atoms with Crippen molar-refractivity contribution in [3.05, 3.63) is 75.9 Å². The highest BCUT2D eigenvalue weighted by molar-refractivity contribution is 5.80. The van der Waals surface area contributed by atoms with Gasteiger partial charge in [0.1, 0.15) is 0 Å². The fraction of sp³-hybridized carbons (Fsp3) is 0.379. The third kappa shape index (κ3) is 79.5. The summed E-state index contributed by atoms with van der Waals surface area (Å²) >= 11 is 0. The van der Waals surface area contributed by atoms with Gasteiger partial charge in [0.25, 0.3) is 0 Å². The van der Waals surface area contributed by atoms with Crippen LogP contribution in [-0.2, 0) is 28.8 Å². The molecule has 0 aromatic rings. The van der Waals surface area contributed by atoms with Crippen LogP contribution < -0.4 is 0 Å². The molecule has 47 heavy (non-hydrogen) atoms. The minimum atomic E-state index is -0.981. The first-order chi connectivity index (χ1) is 21.5. The van der Waals surface area contributed by atoms with Crippen LogP contribution in [0.3, 0.4) is 0 Å². The van der Waals surface area contributed by atoms with Crippen LogP contribution in [0.4, 0.5) is 0 Å². The minimum absolute atomic E-state index is 0.156. The number of hydrogen-bond acceptors (Lipinski definition) is 12. The Bertz CT molecular complexity index is 735. The Labute approximate surface area is 272 Å². The van der Waals surface area contributed by atoms with E-state index in [1.54, 1.807) is 6.92 Å². The van der Waals surface area contributed by atoms with Gasteiger partial charge in [0, 0.05) is 47.3 Å². The third-order valence-electron chi connectivity index (χ3n) is 3.95. The molecule has 0 atom stereocenters. The number of carbonyl (C=O) groups is 6. The van der Waals surface area contributed by atoms with E-state index in [2.05, 4.69) is 39.5 Å². The molecular weight excluding hydrogens is 636 g/mol. The first-order valence-corrected chi connectivity index (χ1v) is 12.3. The van der Waals surface area contributed by atoms with E-state index in [9.17, 15) is 28.8 Å². The molecule has 18 nitrogen and oxygen atoms in total. The van der Waals surface area contributed by atoms with E-state index >= 15 is 0 Å². The summed E-state index contributed by atoms with van der Waals surface area (Å²) < 4.78 is 0. The van der Waals surface area contributed by atoms with Crippen LogP contribution in [0, 0.1) is 10.8 Å². The third-order valence-corrected chi connectivity index (χ3v) is 3.95. The highest BCUT2D eigenvalue weighted by Gasteiger charge is 2.24. The molecular formula is C29H50O18. The average molecular weight is 687 g/mol. The van der Waals surface area contributed by atoms with Gasteiger partial charge in [-0.05, 0) is 6.42 Å². The van der Waals surface area contributed by atoms with Crippen LogP contribution in [0.25, 0.3) is 0 Å². The fourth-order valence-electron chi connectivity index (χ4n) is 0.635. The molecule has 0 rings (SSSR count). The van der Waals surface area contributed by atoms with E-state index in [1.807, 2.05) is 6.92 Å². The van der Waals surface area contributed by atoms with Gasteiger partial charge in [-0.2, -0.15) is 0 Å². The lowest BCUT2D eigenvalue weighted by Gasteiger charge is -2.24. The molecule has 0 amide bonds. The van der Waals surface area contributed by atoms with Crippen molar-refractivity contribution in [3.63, 3.8) is 0 Å². The Balaban J connectivity index is -0.0000000625. The zero-order chi connectivity index (χ0) is 39.7. The normalized spacial score (nSPS) is 8.43. The van der Waals surface area contributed by atoms with Gasteiger partial charge in [0.2, 0.25) is 0 Å². The van der Waals surface area contributed by atoms with Crippen molar-refractivity contribution in [1.82, 2.24) is 0 Å². The van der Waals surface area contributed by atoms with Crippen molar-refractivity contribution >= 4 is 35.8 Å². The van der Waals surface area contributed by atoms with Crippen LogP contribution in [0.1, 0.15) is 20.3 Å². The quantitative estimate of drug-likeness (QED) is 0.112. The molecule has 0 radical (unpaired) electrons. The van der Waals surface area contributed by atoms with Gasteiger partial charge < -0.3 is 61.3 Å². The molecule has 12 N–H and O–H groups in total. The van der Waals surface area contributed by atoms with Crippen molar-refractivity contribution in [2.24, 2.45) is 10.8 Å². The van der Waals surface area contributed by atoms with Crippen molar-refractivity contribution in [2.75, 3.05) is 39.6 Å². The SMILES string of the molecule is C=CC(=O)O.C=CC(=O)O.C=CC(=O)O.C=CC(=O)O.C=CC(=O)O.C=CC(=O)O.CC(CO)(CO)CO.CCC(CO)(CO)CO. The molecule has 0 aliphatic rings. The van der Waals surface area contributed by atoms with Gasteiger partial charge in [0.15, 0.2) is 0 Å². The van der Waals surface area contributed by atoms with Crippen molar-refractivity contribution < 1.29 is 90.0 Å². The van der Waals surface area contributed by atoms with Gasteiger partial charge in [-0.25, -0.2) is 28.8 Å². The largest absolute Gasteiger partial charge is 0.478 e. The van der Waals surface area contributed by atoms with Gasteiger partial charge in [-0.15, -0.1) is 0 Å². The summed E-state index contributed by atoms with van der Waals surface area (Å²) in [5.41, 5.74) is -1.38. The summed E-state index contributed by atoms with van der Waals surface area (Å²) in [6.45, 7) is 20.2. The number of aliphatic hydroxyl groups excluding tert-OH is 6. The molecule has 0 aromatic heterocycles. The van der Waals surface area contributed by atoms with Gasteiger partial charge in [0.05, 0.1) is 39.6 Å². The average Bonchev–Trinajstić information content (AvgIpc) is 3.07. The Kier molecular flexibility index (Phi) is 59.1. The number of hydrogen-bond donors (Lipinski definition) is 12. The summed E-state index contributed by atoms with van der Waals surface area (Å²) in [5, 5.41) is 97.0. The zero-order valence-corrected chi connectivity index (χ0v) is 26.5. The molecule has 18 heteroatoms. The van der Waals surface area contributed by atoms with Crippen LogP contribution in [0.15, 0.2) is 75.9 Å². The second kappa shape index (κ2) is 45.4. The van der Waals surface area contributed by atoms with Crippen molar-refractivity contribution in [2.45, 2.75) is 20.3 Å². The Hall–Kier alpha value is -4.98. The molecule has 0 aliphatic heterocycles. The number of aliphatic carboxylic acids is 6. The summed E-state index contributed by atoms with van der Waals surface area (Å²) in [4.78, 5) is 55.5. The Morgan fingerprint density at radius 2 is 0.553 bits per heavy atom. The predicted molar refractivity (Wildman–Crippen MR) is 170 cm³/mol. The first-order valence-electron chi connectivity index (χ1n) is 12.3. The number of aliphatic hydroxyl groups is 6. The molecule has 0 saturated carbocycles. The maximum atomic E-state index is 9.25. The van der Waals surface area contributed by atoms with Crippen LogP contribution in [-0.4, -0.2) is 137 Å². The molecule has 0 saturated heterocycles. The van der Waals surface area contributed by atoms with E-state index in [-0.39, 0.29) is 39.6 Å². The van der Waals surface area contributed by atoms with Crippen molar-refractivity contribution in [3.8, 4) is 0 Å². The lowest BCUT2D eigenvalue weighted by molar-refractivity contribution is -0.132. The smallest absolute Gasteiger partial charge is 0.327 e. The van der Waals surface area contributed by atoms with Gasteiger partial charge in [-0.3, -0.25) is 0 Å². The second-order valence-electron chi connectivity index (χ2n) is 7.87. The van der Waals surface area contributed by atoms with E-state index in [0.717, 1.165) is 36.5 Å². The highest BCUT2D eigenvalue weighted by Crippen LogP contribution is 2.18. The zero-order valence-electron chi connectivity index (χ0n) is 26.5. The molecule has 0 unspecified atom stereocenters. The molecule has 0 heterocycles. The second-order valence-corrected chi connectivity index (χ2v) is 7.87. The number of rotatable bonds is 13. The molecule has 0 fully saturated rings. The standard InChI is InChI=1S/C6H14O3.C5H12O3.6C3H4O2/c1-2-6(3-7,4-8)5-9;1-5(2-6,3-7)4-8;6*1-2-3(4)5/h7-9H,2-5H2,1H3;6-8H,2-4H2,1H3;6*2H,1H2,(H,4,5).